The largest absolute Gasteiger partial charge is 0.463 e. The molecule has 0 spiro atoms. The van der Waals surface area contributed by atoms with Crippen molar-refractivity contribution in [3.63, 3.8) is 0 Å². The second-order valence-corrected chi connectivity index (χ2v) is 10.1. The van der Waals surface area contributed by atoms with Gasteiger partial charge in [0.05, 0.1) is 6.61 Å². The maximum absolute atomic E-state index is 11.6. The Bertz CT molecular complexity index is 1030. The molecule has 2 aromatic carbocycles. The second kappa shape index (κ2) is 8.86. The van der Waals surface area contributed by atoms with Crippen LogP contribution in [0.4, 0.5) is 0 Å². The predicted molar refractivity (Wildman–Crippen MR) is 131 cm³/mol. The Morgan fingerprint density at radius 2 is 1.68 bits per heavy atom. The van der Waals surface area contributed by atoms with Crippen LogP contribution in [0.1, 0.15) is 76.6 Å². The van der Waals surface area contributed by atoms with Gasteiger partial charge in [-0.1, -0.05) is 70.2 Å². The van der Waals surface area contributed by atoms with Gasteiger partial charge in [0.1, 0.15) is 0 Å². The van der Waals surface area contributed by atoms with E-state index in [1.165, 1.54) is 46.7 Å². The normalized spacial score (nSPS) is 17.5. The minimum atomic E-state index is -0.298. The summed E-state index contributed by atoms with van der Waals surface area (Å²) in [5.74, 6) is -0.298. The van der Waals surface area contributed by atoms with Crippen molar-refractivity contribution in [3.8, 4) is 11.1 Å². The second-order valence-electron chi connectivity index (χ2n) is 10.1. The summed E-state index contributed by atoms with van der Waals surface area (Å²) in [6, 6.07) is 13.5. The quantitative estimate of drug-likeness (QED) is 0.286. The smallest absolute Gasteiger partial charge is 0.330 e. The molecule has 0 unspecified atom stereocenters. The van der Waals surface area contributed by atoms with E-state index in [0.717, 1.165) is 11.1 Å². The molecule has 0 bridgehead atoms. The van der Waals surface area contributed by atoms with Crippen LogP contribution < -0.4 is 0 Å². The SMILES string of the molecule is CCOC(=O)C=C(C)C=Cc1cccc(-c2cc3c(cc2C)C(C)(C)CCC3(C)C)c1. The van der Waals surface area contributed by atoms with Crippen LogP contribution in [0.2, 0.25) is 0 Å². The summed E-state index contributed by atoms with van der Waals surface area (Å²) in [6.45, 7) is 15.8. The standard InChI is InChI=1S/C29H36O2/c1-8-31-27(30)16-20(2)12-13-22-10-9-11-23(18-22)24-19-26-25(17-21(24)3)28(4,5)14-15-29(26,6)7/h9-13,16-19H,8,14-15H2,1-7H3. The molecule has 0 atom stereocenters. The fourth-order valence-corrected chi connectivity index (χ4v) is 4.49. The van der Waals surface area contributed by atoms with E-state index < -0.39 is 0 Å². The van der Waals surface area contributed by atoms with Gasteiger partial charge in [-0.05, 0) is 89.5 Å². The van der Waals surface area contributed by atoms with Crippen LogP contribution in [0.5, 0.6) is 0 Å². The maximum Gasteiger partial charge on any atom is 0.330 e. The topological polar surface area (TPSA) is 26.3 Å². The first kappa shape index (κ1) is 23.1. The number of benzene rings is 2. The minimum absolute atomic E-state index is 0.194. The van der Waals surface area contributed by atoms with E-state index in [2.05, 4.69) is 77.1 Å². The van der Waals surface area contributed by atoms with Gasteiger partial charge in [-0.2, -0.15) is 0 Å². The zero-order valence-corrected chi connectivity index (χ0v) is 20.1. The number of rotatable bonds is 5. The fourth-order valence-electron chi connectivity index (χ4n) is 4.49. The van der Waals surface area contributed by atoms with Gasteiger partial charge >= 0.3 is 5.97 Å². The summed E-state index contributed by atoms with van der Waals surface area (Å²) in [6.07, 6.45) is 7.98. The number of allylic oxidation sites excluding steroid dienone is 2. The molecule has 0 fully saturated rings. The van der Waals surface area contributed by atoms with E-state index >= 15 is 0 Å². The lowest BCUT2D eigenvalue weighted by atomic mass is 9.62. The Hall–Kier alpha value is -2.61. The van der Waals surface area contributed by atoms with Crippen molar-refractivity contribution in [3.05, 3.63) is 76.4 Å². The number of fused-ring (bicyclic) bond motifs is 1. The average molecular weight is 417 g/mol. The molecule has 0 aromatic heterocycles. The van der Waals surface area contributed by atoms with E-state index in [9.17, 15) is 4.79 Å². The highest BCUT2D eigenvalue weighted by Crippen LogP contribution is 2.47. The third-order valence-corrected chi connectivity index (χ3v) is 6.57. The summed E-state index contributed by atoms with van der Waals surface area (Å²) in [4.78, 5) is 11.6. The Labute approximate surface area is 188 Å². The number of aryl methyl sites for hydroxylation is 1. The first-order valence-electron chi connectivity index (χ1n) is 11.3. The van der Waals surface area contributed by atoms with E-state index in [1.54, 1.807) is 0 Å². The number of ether oxygens (including phenoxy) is 1. The van der Waals surface area contributed by atoms with E-state index in [1.807, 2.05) is 19.9 Å². The summed E-state index contributed by atoms with van der Waals surface area (Å²) in [5.41, 5.74) is 9.25. The maximum atomic E-state index is 11.6. The van der Waals surface area contributed by atoms with Gasteiger partial charge in [0.25, 0.3) is 0 Å². The van der Waals surface area contributed by atoms with E-state index in [4.69, 9.17) is 4.74 Å². The van der Waals surface area contributed by atoms with E-state index in [0.29, 0.717) is 6.61 Å². The molecule has 3 rings (SSSR count). The summed E-state index contributed by atoms with van der Waals surface area (Å²) >= 11 is 0. The Morgan fingerprint density at radius 3 is 2.32 bits per heavy atom. The molecule has 2 nitrogen and oxygen atoms in total. The molecule has 31 heavy (non-hydrogen) atoms. The van der Waals surface area contributed by atoms with Crippen LogP contribution in [-0.4, -0.2) is 12.6 Å². The number of hydrogen-bond donors (Lipinski definition) is 0. The summed E-state index contributed by atoms with van der Waals surface area (Å²) < 4.78 is 4.98. The predicted octanol–water partition coefficient (Wildman–Crippen LogP) is 7.53. The summed E-state index contributed by atoms with van der Waals surface area (Å²) in [5, 5.41) is 0. The van der Waals surface area contributed by atoms with Crippen molar-refractivity contribution < 1.29 is 9.53 Å². The van der Waals surface area contributed by atoms with Crippen molar-refractivity contribution in [2.45, 2.75) is 72.1 Å². The molecule has 1 aliphatic carbocycles. The Kier molecular flexibility index (Phi) is 6.59. The molecule has 1 aliphatic rings. The molecule has 2 aromatic rings. The molecule has 0 aliphatic heterocycles. The van der Waals surface area contributed by atoms with E-state index in [-0.39, 0.29) is 16.8 Å². The fraction of sp³-hybridized carbons (Fsp3) is 0.414. The third kappa shape index (κ3) is 5.18. The molecule has 0 amide bonds. The number of carbonyl (C=O) groups is 1. The average Bonchev–Trinajstić information content (AvgIpc) is 2.70. The summed E-state index contributed by atoms with van der Waals surface area (Å²) in [7, 11) is 0. The highest BCUT2D eigenvalue weighted by molar-refractivity contribution is 5.83. The van der Waals surface area contributed by atoms with Crippen LogP contribution in [0.15, 0.2) is 54.1 Å². The molecule has 0 radical (unpaired) electrons. The third-order valence-electron chi connectivity index (χ3n) is 6.57. The lowest BCUT2D eigenvalue weighted by molar-refractivity contribution is -0.137. The van der Waals surface area contributed by atoms with Crippen molar-refractivity contribution in [2.24, 2.45) is 0 Å². The highest BCUT2D eigenvalue weighted by atomic mass is 16.5. The Morgan fingerprint density at radius 1 is 1.03 bits per heavy atom. The number of carbonyl (C=O) groups excluding carboxylic acids is 1. The molecular formula is C29H36O2. The van der Waals surface area contributed by atoms with Crippen molar-refractivity contribution in [2.75, 3.05) is 6.61 Å². The van der Waals surface area contributed by atoms with Gasteiger partial charge < -0.3 is 4.74 Å². The molecule has 164 valence electrons. The van der Waals surface area contributed by atoms with Gasteiger partial charge in [-0.25, -0.2) is 4.79 Å². The van der Waals surface area contributed by atoms with Crippen LogP contribution in [0, 0.1) is 6.92 Å². The van der Waals surface area contributed by atoms with Crippen molar-refractivity contribution >= 4 is 12.0 Å². The minimum Gasteiger partial charge on any atom is -0.463 e. The van der Waals surface area contributed by atoms with Gasteiger partial charge in [-0.3, -0.25) is 0 Å². The first-order valence-corrected chi connectivity index (χ1v) is 11.3. The Balaban J connectivity index is 1.96. The molecule has 0 N–H and O–H groups in total. The molecule has 0 heterocycles. The molecule has 2 heteroatoms. The zero-order chi connectivity index (χ0) is 22.8. The van der Waals surface area contributed by atoms with Crippen LogP contribution in [0.25, 0.3) is 17.2 Å². The first-order chi connectivity index (χ1) is 14.5. The molecule has 0 saturated heterocycles. The monoisotopic (exact) mass is 416 g/mol. The highest BCUT2D eigenvalue weighted by Gasteiger charge is 2.37. The molecule has 0 saturated carbocycles. The lowest BCUT2D eigenvalue weighted by Crippen LogP contribution is -2.34. The van der Waals surface area contributed by atoms with Gasteiger partial charge in [0.15, 0.2) is 0 Å². The number of hydrogen-bond acceptors (Lipinski definition) is 2. The van der Waals surface area contributed by atoms with Gasteiger partial charge in [0.2, 0.25) is 0 Å². The zero-order valence-electron chi connectivity index (χ0n) is 20.1. The number of esters is 1. The van der Waals surface area contributed by atoms with Crippen LogP contribution in [0.3, 0.4) is 0 Å². The lowest BCUT2D eigenvalue weighted by Gasteiger charge is -2.42. The van der Waals surface area contributed by atoms with Gasteiger partial charge in [0, 0.05) is 6.08 Å². The van der Waals surface area contributed by atoms with Crippen LogP contribution in [-0.2, 0) is 20.4 Å². The molecular weight excluding hydrogens is 380 g/mol. The van der Waals surface area contributed by atoms with Crippen molar-refractivity contribution in [1.29, 1.82) is 0 Å². The van der Waals surface area contributed by atoms with Crippen molar-refractivity contribution in [1.82, 2.24) is 0 Å². The van der Waals surface area contributed by atoms with Crippen LogP contribution >= 0.6 is 0 Å². The van der Waals surface area contributed by atoms with Gasteiger partial charge in [-0.15, -0.1) is 0 Å².